The van der Waals surface area contributed by atoms with E-state index in [2.05, 4.69) is 26.3 Å². The van der Waals surface area contributed by atoms with Gasteiger partial charge >= 0.3 is 0 Å². The van der Waals surface area contributed by atoms with Crippen molar-refractivity contribution in [3.63, 3.8) is 0 Å². The van der Waals surface area contributed by atoms with Crippen LogP contribution in [0.15, 0.2) is 47.5 Å². The Hall–Kier alpha value is -2.74. The summed E-state index contributed by atoms with van der Waals surface area (Å²) in [5, 5.41) is 9.87. The maximum Gasteiger partial charge on any atom is 0.205 e. The van der Waals surface area contributed by atoms with Gasteiger partial charge in [0, 0.05) is 29.9 Å². The standard InChI is InChI=1S/C24H25Cl2N5O2/c1-14(8-15-2-3-20(25)21(26)9-15)33-23-22-18(11-29-24(23)27)19(13-32-22)16-10-30-31(12-16)17-4-6-28-7-5-17/h2-3,9-14,17,28H,4-8H2,1H3,(H2,27,29). The SMILES string of the molecule is CC(Cc1ccc(Cl)c(Cl)c1)Oc1c(N)ncc2c(-c3cnn(C4CCNCC4)c3)coc12. The van der Waals surface area contributed by atoms with Crippen LogP contribution in [0.25, 0.3) is 22.1 Å². The fraction of sp³-hybridized carbons (Fsp3) is 0.333. The zero-order valence-corrected chi connectivity index (χ0v) is 19.7. The summed E-state index contributed by atoms with van der Waals surface area (Å²) in [5.41, 5.74) is 9.65. The minimum absolute atomic E-state index is 0.187. The van der Waals surface area contributed by atoms with Crippen LogP contribution in [0.4, 0.5) is 5.82 Å². The maximum atomic E-state index is 6.20. The van der Waals surface area contributed by atoms with E-state index in [0.717, 1.165) is 48.0 Å². The molecule has 9 heteroatoms. The number of nitrogen functional groups attached to an aromatic ring is 1. The third-order valence-corrected chi connectivity index (χ3v) is 6.76. The van der Waals surface area contributed by atoms with E-state index in [0.29, 0.717) is 33.8 Å². The monoisotopic (exact) mass is 485 g/mol. The molecule has 0 amide bonds. The minimum atomic E-state index is -0.187. The molecule has 0 aliphatic carbocycles. The third kappa shape index (κ3) is 4.53. The number of nitrogens with zero attached hydrogens (tertiary/aromatic N) is 3. The van der Waals surface area contributed by atoms with Crippen molar-refractivity contribution in [3.8, 4) is 16.9 Å². The van der Waals surface area contributed by atoms with Crippen molar-refractivity contribution in [3.05, 3.63) is 58.7 Å². The van der Waals surface area contributed by atoms with E-state index in [1.54, 1.807) is 18.5 Å². The number of piperidine rings is 1. The van der Waals surface area contributed by atoms with Crippen molar-refractivity contribution in [1.29, 1.82) is 0 Å². The number of hydrogen-bond donors (Lipinski definition) is 2. The van der Waals surface area contributed by atoms with Crippen LogP contribution in [0.5, 0.6) is 5.75 Å². The Morgan fingerprint density at radius 3 is 2.85 bits per heavy atom. The molecule has 1 unspecified atom stereocenters. The Morgan fingerprint density at radius 1 is 1.24 bits per heavy atom. The first-order chi connectivity index (χ1) is 16.0. The lowest BCUT2D eigenvalue weighted by molar-refractivity contribution is 0.223. The van der Waals surface area contributed by atoms with E-state index in [9.17, 15) is 0 Å². The van der Waals surface area contributed by atoms with E-state index in [4.69, 9.17) is 38.1 Å². The number of aromatic nitrogens is 3. The van der Waals surface area contributed by atoms with Crippen LogP contribution >= 0.6 is 23.2 Å². The number of pyridine rings is 1. The summed E-state index contributed by atoms with van der Waals surface area (Å²) in [4.78, 5) is 4.37. The number of benzene rings is 1. The van der Waals surface area contributed by atoms with Crippen LogP contribution in [0.3, 0.4) is 0 Å². The molecule has 0 bridgehead atoms. The summed E-state index contributed by atoms with van der Waals surface area (Å²) in [6.45, 7) is 3.99. The number of nitrogens with one attached hydrogen (secondary N) is 1. The Kier molecular flexibility index (Phi) is 6.19. The predicted molar refractivity (Wildman–Crippen MR) is 131 cm³/mol. The van der Waals surface area contributed by atoms with Crippen molar-refractivity contribution in [2.75, 3.05) is 18.8 Å². The van der Waals surface area contributed by atoms with Crippen LogP contribution in [-0.2, 0) is 6.42 Å². The molecular formula is C24H25Cl2N5O2. The van der Waals surface area contributed by atoms with Gasteiger partial charge in [-0.15, -0.1) is 0 Å². The largest absolute Gasteiger partial charge is 0.483 e. The zero-order valence-electron chi connectivity index (χ0n) is 18.2. The van der Waals surface area contributed by atoms with Crippen LogP contribution < -0.4 is 15.8 Å². The Labute approximate surface area is 201 Å². The summed E-state index contributed by atoms with van der Waals surface area (Å²) in [7, 11) is 0. The highest BCUT2D eigenvalue weighted by Crippen LogP contribution is 2.38. The molecule has 1 fully saturated rings. The molecule has 5 rings (SSSR count). The molecule has 0 spiro atoms. The molecule has 1 aromatic carbocycles. The molecular weight excluding hydrogens is 461 g/mol. The van der Waals surface area contributed by atoms with Gasteiger partial charge in [0.25, 0.3) is 0 Å². The second kappa shape index (κ2) is 9.25. The topological polar surface area (TPSA) is 91.1 Å². The smallest absolute Gasteiger partial charge is 0.205 e. The number of anilines is 1. The second-order valence-corrected chi connectivity index (χ2v) is 9.25. The van der Waals surface area contributed by atoms with Gasteiger partial charge < -0.3 is 20.2 Å². The van der Waals surface area contributed by atoms with Gasteiger partial charge in [0.05, 0.1) is 27.7 Å². The molecule has 172 valence electrons. The summed E-state index contributed by atoms with van der Waals surface area (Å²) in [5.74, 6) is 0.729. The Morgan fingerprint density at radius 2 is 2.06 bits per heavy atom. The number of fused-ring (bicyclic) bond motifs is 1. The maximum absolute atomic E-state index is 6.20. The zero-order chi connectivity index (χ0) is 22.9. The molecule has 1 saturated heterocycles. The number of ether oxygens (including phenoxy) is 1. The lowest BCUT2D eigenvalue weighted by Crippen LogP contribution is -2.29. The van der Waals surface area contributed by atoms with Crippen molar-refractivity contribution >= 4 is 40.0 Å². The van der Waals surface area contributed by atoms with Crippen molar-refractivity contribution in [1.82, 2.24) is 20.1 Å². The normalized spacial score (nSPS) is 15.7. The Balaban J connectivity index is 1.40. The van der Waals surface area contributed by atoms with Crippen LogP contribution in [-0.4, -0.2) is 34.0 Å². The van der Waals surface area contributed by atoms with Crippen LogP contribution in [0.1, 0.15) is 31.4 Å². The first kappa shape index (κ1) is 22.1. The number of rotatable bonds is 6. The second-order valence-electron chi connectivity index (χ2n) is 8.44. The number of nitrogens with two attached hydrogens (primary N) is 1. The Bertz CT molecular complexity index is 1280. The highest BCUT2D eigenvalue weighted by Gasteiger charge is 2.21. The lowest BCUT2D eigenvalue weighted by atomic mass is 10.1. The van der Waals surface area contributed by atoms with Crippen molar-refractivity contribution in [2.45, 2.75) is 38.3 Å². The van der Waals surface area contributed by atoms with E-state index < -0.39 is 0 Å². The van der Waals surface area contributed by atoms with E-state index in [1.807, 2.05) is 25.3 Å². The first-order valence-electron chi connectivity index (χ1n) is 11.0. The quantitative estimate of drug-likeness (QED) is 0.373. The van der Waals surface area contributed by atoms with Gasteiger partial charge in [-0.1, -0.05) is 29.3 Å². The molecule has 3 aromatic heterocycles. The number of halogens is 2. The van der Waals surface area contributed by atoms with Gasteiger partial charge in [-0.3, -0.25) is 4.68 Å². The minimum Gasteiger partial charge on any atom is -0.483 e. The number of furan rings is 1. The molecule has 33 heavy (non-hydrogen) atoms. The van der Waals surface area contributed by atoms with Crippen molar-refractivity contribution < 1.29 is 9.15 Å². The summed E-state index contributed by atoms with van der Waals surface area (Å²) in [6, 6.07) is 5.97. The van der Waals surface area contributed by atoms with E-state index in [1.165, 1.54) is 0 Å². The molecule has 3 N–H and O–H groups in total. The van der Waals surface area contributed by atoms with E-state index in [-0.39, 0.29) is 11.9 Å². The average molecular weight is 486 g/mol. The summed E-state index contributed by atoms with van der Waals surface area (Å²) >= 11 is 12.2. The van der Waals surface area contributed by atoms with Gasteiger partial charge in [-0.25, -0.2) is 4.98 Å². The van der Waals surface area contributed by atoms with Gasteiger partial charge in [-0.05, 0) is 50.6 Å². The summed E-state index contributed by atoms with van der Waals surface area (Å²) < 4.78 is 14.2. The van der Waals surface area contributed by atoms with Gasteiger partial charge in [0.2, 0.25) is 5.75 Å². The van der Waals surface area contributed by atoms with Gasteiger partial charge in [-0.2, -0.15) is 5.10 Å². The lowest BCUT2D eigenvalue weighted by Gasteiger charge is -2.22. The highest BCUT2D eigenvalue weighted by atomic mass is 35.5. The highest BCUT2D eigenvalue weighted by molar-refractivity contribution is 6.42. The van der Waals surface area contributed by atoms with Crippen LogP contribution in [0, 0.1) is 0 Å². The predicted octanol–water partition coefficient (Wildman–Crippen LogP) is 5.51. The van der Waals surface area contributed by atoms with E-state index >= 15 is 0 Å². The fourth-order valence-corrected chi connectivity index (χ4v) is 4.63. The molecule has 1 aliphatic rings. The van der Waals surface area contributed by atoms with Crippen LogP contribution in [0.2, 0.25) is 10.0 Å². The molecule has 4 heterocycles. The van der Waals surface area contributed by atoms with Gasteiger partial charge in [0.15, 0.2) is 11.4 Å². The third-order valence-electron chi connectivity index (χ3n) is 6.02. The molecule has 1 aliphatic heterocycles. The van der Waals surface area contributed by atoms with Crippen molar-refractivity contribution in [2.24, 2.45) is 0 Å². The fourth-order valence-electron chi connectivity index (χ4n) is 4.31. The van der Waals surface area contributed by atoms with Gasteiger partial charge in [0.1, 0.15) is 12.4 Å². The average Bonchev–Trinajstić information content (AvgIpc) is 3.46. The number of hydrogen-bond acceptors (Lipinski definition) is 6. The molecule has 1 atom stereocenters. The molecule has 4 aromatic rings. The molecule has 0 saturated carbocycles. The molecule has 0 radical (unpaired) electrons. The first-order valence-corrected chi connectivity index (χ1v) is 11.8. The molecule has 7 nitrogen and oxygen atoms in total. The summed E-state index contributed by atoms with van der Waals surface area (Å²) in [6.07, 6.45) is 9.96.